The van der Waals surface area contributed by atoms with Crippen LogP contribution in [0.25, 0.3) is 10.8 Å². The van der Waals surface area contributed by atoms with Crippen molar-refractivity contribution in [3.05, 3.63) is 47.5 Å². The number of carbonyl (C=O) groups is 4. The number of amides is 4. The summed E-state index contributed by atoms with van der Waals surface area (Å²) in [5.41, 5.74) is 0.990. The SMILES string of the molecule is O=CN1CCN(C(=O)CCN2C(=O)c3cccc4cccc(c34)C2=O)CC1. The summed E-state index contributed by atoms with van der Waals surface area (Å²) < 4.78 is 0. The van der Waals surface area contributed by atoms with E-state index in [1.165, 1.54) is 0 Å². The summed E-state index contributed by atoms with van der Waals surface area (Å²) in [7, 11) is 0. The largest absolute Gasteiger partial charge is 0.342 e. The van der Waals surface area contributed by atoms with E-state index in [4.69, 9.17) is 0 Å². The topological polar surface area (TPSA) is 78.0 Å². The van der Waals surface area contributed by atoms with E-state index in [0.29, 0.717) is 42.7 Å². The summed E-state index contributed by atoms with van der Waals surface area (Å²) in [5.74, 6) is -0.830. The van der Waals surface area contributed by atoms with Gasteiger partial charge in [0.25, 0.3) is 11.8 Å². The summed E-state index contributed by atoms with van der Waals surface area (Å²) in [6, 6.07) is 10.8. The van der Waals surface area contributed by atoms with E-state index in [9.17, 15) is 19.2 Å². The van der Waals surface area contributed by atoms with Gasteiger partial charge in [0, 0.05) is 55.7 Å². The van der Waals surface area contributed by atoms with Gasteiger partial charge in [0.05, 0.1) is 0 Å². The Balaban J connectivity index is 1.49. The van der Waals surface area contributed by atoms with Crippen LogP contribution in [0.1, 0.15) is 27.1 Å². The second-order valence-corrected chi connectivity index (χ2v) is 6.74. The summed E-state index contributed by atoms with van der Waals surface area (Å²) in [5, 5.41) is 1.54. The summed E-state index contributed by atoms with van der Waals surface area (Å²) in [6.07, 6.45) is 0.863. The zero-order valence-corrected chi connectivity index (χ0v) is 14.8. The van der Waals surface area contributed by atoms with Gasteiger partial charge in [-0.2, -0.15) is 0 Å². The molecule has 27 heavy (non-hydrogen) atoms. The Hall–Kier alpha value is -3.22. The molecule has 1 saturated heterocycles. The first-order valence-electron chi connectivity index (χ1n) is 8.95. The van der Waals surface area contributed by atoms with Gasteiger partial charge in [-0.05, 0) is 17.5 Å². The average molecular weight is 365 g/mol. The Bertz CT molecular complexity index is 897. The number of piperazine rings is 1. The molecule has 0 atom stereocenters. The van der Waals surface area contributed by atoms with Crippen molar-refractivity contribution in [1.82, 2.24) is 14.7 Å². The van der Waals surface area contributed by atoms with Crippen LogP contribution in [0.3, 0.4) is 0 Å². The minimum Gasteiger partial charge on any atom is -0.342 e. The third-order valence-corrected chi connectivity index (χ3v) is 5.22. The number of carbonyl (C=O) groups excluding carboxylic acids is 4. The number of rotatable bonds is 4. The van der Waals surface area contributed by atoms with E-state index < -0.39 is 0 Å². The van der Waals surface area contributed by atoms with Gasteiger partial charge in [0.15, 0.2) is 0 Å². The molecular weight excluding hydrogens is 346 g/mol. The standard InChI is InChI=1S/C20H19N3O4/c24-13-21-9-11-22(12-10-21)17(25)7-8-23-19(26)15-5-1-3-14-4-2-6-16(18(14)15)20(23)27/h1-6,13H,7-12H2. The molecule has 0 unspecified atom stereocenters. The maximum absolute atomic E-state index is 12.8. The Morgan fingerprint density at radius 3 is 2.07 bits per heavy atom. The molecule has 0 saturated carbocycles. The molecular formula is C20H19N3O4. The molecule has 7 nitrogen and oxygen atoms in total. The Morgan fingerprint density at radius 1 is 0.926 bits per heavy atom. The van der Waals surface area contributed by atoms with Crippen molar-refractivity contribution in [2.75, 3.05) is 32.7 Å². The molecule has 0 bridgehead atoms. The zero-order chi connectivity index (χ0) is 19.0. The Labute approximate surface area is 156 Å². The van der Waals surface area contributed by atoms with Crippen LogP contribution in [0, 0.1) is 0 Å². The van der Waals surface area contributed by atoms with E-state index in [0.717, 1.165) is 16.7 Å². The molecule has 1 fully saturated rings. The van der Waals surface area contributed by atoms with Gasteiger partial charge in [0.2, 0.25) is 12.3 Å². The molecule has 2 aromatic carbocycles. The van der Waals surface area contributed by atoms with Gasteiger partial charge in [-0.3, -0.25) is 24.1 Å². The van der Waals surface area contributed by atoms with Crippen LogP contribution >= 0.6 is 0 Å². The maximum atomic E-state index is 12.8. The van der Waals surface area contributed by atoms with Crippen molar-refractivity contribution in [1.29, 1.82) is 0 Å². The normalized spacial score (nSPS) is 16.8. The molecule has 7 heteroatoms. The Kier molecular flexibility index (Phi) is 4.35. The number of benzene rings is 2. The maximum Gasteiger partial charge on any atom is 0.261 e. The van der Waals surface area contributed by atoms with Gasteiger partial charge < -0.3 is 9.80 Å². The molecule has 4 amide bonds. The first-order valence-corrected chi connectivity index (χ1v) is 8.95. The summed E-state index contributed by atoms with van der Waals surface area (Å²) >= 11 is 0. The predicted octanol–water partition coefficient (Wildman–Crippen LogP) is 1.13. The lowest BCUT2D eigenvalue weighted by atomic mass is 9.94. The zero-order valence-electron chi connectivity index (χ0n) is 14.8. The molecule has 2 heterocycles. The first kappa shape index (κ1) is 17.2. The minimum atomic E-state index is -0.358. The van der Waals surface area contributed by atoms with E-state index in [2.05, 4.69) is 0 Å². The van der Waals surface area contributed by atoms with Gasteiger partial charge >= 0.3 is 0 Å². The van der Waals surface area contributed by atoms with Crippen molar-refractivity contribution in [3.63, 3.8) is 0 Å². The van der Waals surface area contributed by atoms with Crippen molar-refractivity contribution >= 4 is 34.9 Å². The second-order valence-electron chi connectivity index (χ2n) is 6.74. The van der Waals surface area contributed by atoms with Gasteiger partial charge in [-0.25, -0.2) is 0 Å². The highest BCUT2D eigenvalue weighted by atomic mass is 16.2. The fourth-order valence-electron chi connectivity index (χ4n) is 3.73. The number of nitrogens with zero attached hydrogens (tertiary/aromatic N) is 3. The molecule has 2 aliphatic rings. The third-order valence-electron chi connectivity index (χ3n) is 5.22. The van der Waals surface area contributed by atoms with Crippen molar-refractivity contribution < 1.29 is 19.2 Å². The third kappa shape index (κ3) is 2.95. The van der Waals surface area contributed by atoms with E-state index in [-0.39, 0.29) is 30.7 Å². The molecule has 2 aliphatic heterocycles. The lowest BCUT2D eigenvalue weighted by Gasteiger charge is -2.33. The van der Waals surface area contributed by atoms with Crippen LogP contribution < -0.4 is 0 Å². The fraction of sp³-hybridized carbons (Fsp3) is 0.300. The highest BCUT2D eigenvalue weighted by molar-refractivity contribution is 6.25. The van der Waals surface area contributed by atoms with Gasteiger partial charge in [-0.15, -0.1) is 0 Å². The van der Waals surface area contributed by atoms with Crippen LogP contribution in [-0.2, 0) is 9.59 Å². The lowest BCUT2D eigenvalue weighted by Crippen LogP contribution is -2.49. The van der Waals surface area contributed by atoms with Crippen molar-refractivity contribution in [3.8, 4) is 0 Å². The molecule has 0 aromatic heterocycles. The highest BCUT2D eigenvalue weighted by Gasteiger charge is 2.33. The number of hydrogen-bond acceptors (Lipinski definition) is 4. The molecule has 138 valence electrons. The molecule has 0 spiro atoms. The summed E-state index contributed by atoms with van der Waals surface area (Å²) in [6.45, 7) is 2.01. The first-order chi connectivity index (χ1) is 13.1. The smallest absolute Gasteiger partial charge is 0.261 e. The molecule has 0 radical (unpaired) electrons. The van der Waals surface area contributed by atoms with Crippen LogP contribution in [0.4, 0.5) is 0 Å². The molecule has 2 aromatic rings. The minimum absolute atomic E-state index is 0.0507. The van der Waals surface area contributed by atoms with Gasteiger partial charge in [-0.1, -0.05) is 24.3 Å². The van der Waals surface area contributed by atoms with E-state index >= 15 is 0 Å². The second kappa shape index (κ2) is 6.83. The van der Waals surface area contributed by atoms with Crippen LogP contribution in [0.15, 0.2) is 36.4 Å². The van der Waals surface area contributed by atoms with E-state index in [1.54, 1.807) is 34.1 Å². The van der Waals surface area contributed by atoms with Crippen LogP contribution in [-0.4, -0.2) is 71.6 Å². The molecule has 0 aliphatic carbocycles. The van der Waals surface area contributed by atoms with Crippen LogP contribution in [0.2, 0.25) is 0 Å². The highest BCUT2D eigenvalue weighted by Crippen LogP contribution is 2.30. The van der Waals surface area contributed by atoms with Crippen LogP contribution in [0.5, 0.6) is 0 Å². The van der Waals surface area contributed by atoms with E-state index in [1.807, 2.05) is 12.1 Å². The number of hydrogen-bond donors (Lipinski definition) is 0. The summed E-state index contributed by atoms with van der Waals surface area (Å²) in [4.78, 5) is 53.3. The average Bonchev–Trinajstić information content (AvgIpc) is 2.71. The lowest BCUT2D eigenvalue weighted by molar-refractivity contribution is -0.135. The predicted molar refractivity (Wildman–Crippen MR) is 98.1 cm³/mol. The van der Waals surface area contributed by atoms with Crippen molar-refractivity contribution in [2.45, 2.75) is 6.42 Å². The van der Waals surface area contributed by atoms with Crippen molar-refractivity contribution in [2.24, 2.45) is 0 Å². The molecule has 0 N–H and O–H groups in total. The quantitative estimate of drug-likeness (QED) is 0.601. The Morgan fingerprint density at radius 2 is 1.52 bits per heavy atom. The monoisotopic (exact) mass is 365 g/mol. The van der Waals surface area contributed by atoms with Gasteiger partial charge in [0.1, 0.15) is 0 Å². The fourth-order valence-corrected chi connectivity index (χ4v) is 3.73. The molecule has 4 rings (SSSR count). The number of imide groups is 1.